The second kappa shape index (κ2) is 8.98. The molecule has 0 spiro atoms. The van der Waals surface area contributed by atoms with E-state index < -0.39 is 0 Å². The van der Waals surface area contributed by atoms with Crippen molar-refractivity contribution in [3.05, 3.63) is 47.6 Å². The van der Waals surface area contributed by atoms with Crippen molar-refractivity contribution >= 4 is 52.8 Å². The van der Waals surface area contributed by atoms with Gasteiger partial charge in [0.25, 0.3) is 0 Å². The number of nitrogens with zero attached hydrogens (tertiary/aromatic N) is 5. The van der Waals surface area contributed by atoms with Crippen LogP contribution in [0, 0.1) is 0 Å². The highest BCUT2D eigenvalue weighted by atomic mass is 35.5. The van der Waals surface area contributed by atoms with Crippen LogP contribution in [-0.4, -0.2) is 33.6 Å². The SMILES string of the molecule is COc1cncc(N2CCc3nc(Nc4cnccn4)sc3C2)c1.Cl.Cl. The van der Waals surface area contributed by atoms with Crippen LogP contribution < -0.4 is 15.0 Å². The van der Waals surface area contributed by atoms with Gasteiger partial charge in [-0.1, -0.05) is 11.3 Å². The molecule has 0 radical (unpaired) electrons. The van der Waals surface area contributed by atoms with Gasteiger partial charge in [0.05, 0.1) is 43.6 Å². The van der Waals surface area contributed by atoms with Crippen LogP contribution in [0.2, 0.25) is 0 Å². The maximum absolute atomic E-state index is 5.26. The van der Waals surface area contributed by atoms with Crippen LogP contribution >= 0.6 is 36.2 Å². The molecule has 4 rings (SSSR count). The number of halogens is 2. The van der Waals surface area contributed by atoms with E-state index in [1.807, 2.05) is 12.3 Å². The lowest BCUT2D eigenvalue weighted by atomic mass is 10.1. The number of hydrogen-bond donors (Lipinski definition) is 1. The van der Waals surface area contributed by atoms with Gasteiger partial charge in [-0.3, -0.25) is 9.97 Å². The van der Waals surface area contributed by atoms with E-state index in [1.54, 1.807) is 43.2 Å². The molecule has 4 heterocycles. The van der Waals surface area contributed by atoms with Gasteiger partial charge in [0.2, 0.25) is 0 Å². The van der Waals surface area contributed by atoms with Gasteiger partial charge in [-0.05, 0) is 0 Å². The van der Waals surface area contributed by atoms with Crippen LogP contribution in [0.1, 0.15) is 10.6 Å². The van der Waals surface area contributed by atoms with E-state index in [1.165, 1.54) is 4.88 Å². The quantitative estimate of drug-likeness (QED) is 0.702. The molecule has 0 saturated carbocycles. The van der Waals surface area contributed by atoms with Gasteiger partial charge in [-0.25, -0.2) is 9.97 Å². The van der Waals surface area contributed by atoms with Gasteiger partial charge in [-0.15, -0.1) is 24.8 Å². The predicted octanol–water partition coefficient (Wildman–Crippen LogP) is 3.49. The minimum absolute atomic E-state index is 0. The average Bonchev–Trinajstić information content (AvgIpc) is 3.04. The number of fused-ring (bicyclic) bond motifs is 1. The van der Waals surface area contributed by atoms with Crippen LogP contribution in [-0.2, 0) is 13.0 Å². The molecule has 0 saturated heterocycles. The Hall–Kier alpha value is -2.16. The Bertz CT molecular complexity index is 848. The normalized spacial score (nSPS) is 12.4. The van der Waals surface area contributed by atoms with Crippen molar-refractivity contribution in [1.82, 2.24) is 19.9 Å². The summed E-state index contributed by atoms with van der Waals surface area (Å²) in [5.74, 6) is 1.48. The molecule has 0 atom stereocenters. The van der Waals surface area contributed by atoms with E-state index in [-0.39, 0.29) is 24.8 Å². The first-order chi connectivity index (χ1) is 11.8. The number of aromatic nitrogens is 4. The first kappa shape index (κ1) is 20.2. The zero-order chi connectivity index (χ0) is 16.4. The van der Waals surface area contributed by atoms with Crippen LogP contribution in [0.5, 0.6) is 5.75 Å². The molecule has 0 unspecified atom stereocenters. The smallest absolute Gasteiger partial charge is 0.188 e. The summed E-state index contributed by atoms with van der Waals surface area (Å²) in [5, 5.41) is 4.07. The minimum atomic E-state index is 0. The van der Waals surface area contributed by atoms with E-state index >= 15 is 0 Å². The number of pyridine rings is 1. The largest absolute Gasteiger partial charge is 0.495 e. The van der Waals surface area contributed by atoms with Gasteiger partial charge >= 0.3 is 0 Å². The molecule has 3 aromatic heterocycles. The highest BCUT2D eigenvalue weighted by Crippen LogP contribution is 2.32. The van der Waals surface area contributed by atoms with E-state index in [0.717, 1.165) is 41.8 Å². The molecule has 1 aliphatic rings. The molecule has 10 heteroatoms. The van der Waals surface area contributed by atoms with E-state index in [2.05, 4.69) is 30.2 Å². The lowest BCUT2D eigenvalue weighted by Gasteiger charge is -2.27. The Kier molecular flexibility index (Phi) is 6.96. The van der Waals surface area contributed by atoms with Crippen molar-refractivity contribution in [1.29, 1.82) is 0 Å². The monoisotopic (exact) mass is 412 g/mol. The fourth-order valence-electron chi connectivity index (χ4n) is 2.63. The molecule has 0 amide bonds. The third kappa shape index (κ3) is 4.32. The molecule has 1 aliphatic heterocycles. The topological polar surface area (TPSA) is 76.1 Å². The first-order valence-electron chi connectivity index (χ1n) is 7.57. The third-order valence-corrected chi connectivity index (χ3v) is 4.83. The van der Waals surface area contributed by atoms with Crippen molar-refractivity contribution in [2.75, 3.05) is 23.9 Å². The van der Waals surface area contributed by atoms with E-state index in [9.17, 15) is 0 Å². The second-order valence-corrected chi connectivity index (χ2v) is 6.44. The highest BCUT2D eigenvalue weighted by molar-refractivity contribution is 7.15. The predicted molar refractivity (Wildman–Crippen MR) is 107 cm³/mol. The van der Waals surface area contributed by atoms with Gasteiger partial charge in [0.1, 0.15) is 5.75 Å². The summed E-state index contributed by atoms with van der Waals surface area (Å²) in [6.07, 6.45) is 9.49. The molecular weight excluding hydrogens is 395 g/mol. The van der Waals surface area contributed by atoms with Crippen LogP contribution in [0.4, 0.5) is 16.6 Å². The molecule has 0 bridgehead atoms. The number of rotatable bonds is 4. The van der Waals surface area contributed by atoms with Gasteiger partial charge in [0, 0.05) is 36.3 Å². The van der Waals surface area contributed by atoms with Crippen molar-refractivity contribution in [3.63, 3.8) is 0 Å². The lowest BCUT2D eigenvalue weighted by Crippen LogP contribution is -2.29. The number of nitrogens with one attached hydrogen (secondary N) is 1. The fourth-order valence-corrected chi connectivity index (χ4v) is 3.67. The standard InChI is InChI=1S/C16H16N6OS.2ClH/c1-23-12-6-11(7-18-8-12)22-5-2-13-14(10-22)24-16(20-13)21-15-9-17-3-4-19-15;;/h3-4,6-9H,2,5,10H2,1H3,(H,19,20,21);2*1H. The van der Waals surface area contributed by atoms with Gasteiger partial charge < -0.3 is 15.0 Å². The number of hydrogen-bond acceptors (Lipinski definition) is 8. The molecule has 26 heavy (non-hydrogen) atoms. The Morgan fingerprint density at radius 1 is 1.15 bits per heavy atom. The molecule has 0 aliphatic carbocycles. The average molecular weight is 413 g/mol. The summed E-state index contributed by atoms with van der Waals surface area (Å²) in [6, 6.07) is 2.01. The first-order valence-corrected chi connectivity index (χ1v) is 8.39. The summed E-state index contributed by atoms with van der Waals surface area (Å²) in [6.45, 7) is 1.74. The number of thiazole rings is 1. The molecule has 1 N–H and O–H groups in total. The number of ether oxygens (including phenoxy) is 1. The van der Waals surface area contributed by atoms with Crippen molar-refractivity contribution in [2.45, 2.75) is 13.0 Å². The second-order valence-electron chi connectivity index (χ2n) is 5.36. The zero-order valence-corrected chi connectivity index (χ0v) is 16.4. The van der Waals surface area contributed by atoms with Crippen LogP contribution in [0.25, 0.3) is 0 Å². The van der Waals surface area contributed by atoms with Gasteiger partial charge in [-0.2, -0.15) is 0 Å². The van der Waals surface area contributed by atoms with E-state index in [0.29, 0.717) is 5.82 Å². The third-order valence-electron chi connectivity index (χ3n) is 3.83. The summed E-state index contributed by atoms with van der Waals surface area (Å²) in [7, 11) is 1.66. The Morgan fingerprint density at radius 2 is 2.04 bits per heavy atom. The summed E-state index contributed by atoms with van der Waals surface area (Å²) < 4.78 is 5.26. The maximum Gasteiger partial charge on any atom is 0.188 e. The lowest BCUT2D eigenvalue weighted by molar-refractivity contribution is 0.413. The van der Waals surface area contributed by atoms with Crippen LogP contribution in [0.3, 0.4) is 0 Å². The highest BCUT2D eigenvalue weighted by Gasteiger charge is 2.21. The molecular formula is C16H18Cl2N6OS. The maximum atomic E-state index is 5.26. The fraction of sp³-hybridized carbons (Fsp3) is 0.250. The number of methoxy groups -OCH3 is 1. The molecule has 7 nitrogen and oxygen atoms in total. The summed E-state index contributed by atoms with van der Waals surface area (Å²) in [4.78, 5) is 20.8. The van der Waals surface area contributed by atoms with E-state index in [4.69, 9.17) is 4.74 Å². The van der Waals surface area contributed by atoms with Crippen molar-refractivity contribution in [3.8, 4) is 5.75 Å². The number of anilines is 3. The molecule has 138 valence electrons. The summed E-state index contributed by atoms with van der Waals surface area (Å²) in [5.41, 5.74) is 2.22. The van der Waals surface area contributed by atoms with Crippen LogP contribution in [0.15, 0.2) is 37.1 Å². The molecule has 3 aromatic rings. The molecule has 0 aromatic carbocycles. The van der Waals surface area contributed by atoms with Crippen molar-refractivity contribution in [2.24, 2.45) is 0 Å². The minimum Gasteiger partial charge on any atom is -0.495 e. The Morgan fingerprint density at radius 3 is 2.81 bits per heavy atom. The Labute approximate surface area is 167 Å². The molecule has 0 fully saturated rings. The summed E-state index contributed by atoms with van der Waals surface area (Å²) >= 11 is 1.66. The zero-order valence-electron chi connectivity index (χ0n) is 14.0. The van der Waals surface area contributed by atoms with Crippen molar-refractivity contribution < 1.29 is 4.74 Å². The Balaban J connectivity index is 0.00000121. The van der Waals surface area contributed by atoms with Gasteiger partial charge in [0.15, 0.2) is 10.9 Å².